The largest absolute Gasteiger partial charge is 0.465 e. The van der Waals surface area contributed by atoms with Crippen LogP contribution in [0.4, 0.5) is 0 Å². The minimum atomic E-state index is -0.814. The molecule has 4 aromatic heterocycles. The second-order valence-corrected chi connectivity index (χ2v) is 9.42. The number of methoxy groups -OCH3 is 1. The number of rotatable bonds is 6. The van der Waals surface area contributed by atoms with E-state index in [0.29, 0.717) is 5.56 Å². The number of aromatic amines is 1. The molecule has 0 fully saturated rings. The van der Waals surface area contributed by atoms with E-state index < -0.39 is 5.41 Å². The zero-order valence-electron chi connectivity index (χ0n) is 21.8. The number of nitrogens with zero attached hydrogens (tertiary/aromatic N) is 3. The number of nitrogens with one attached hydrogen (secondary N) is 1. The number of ether oxygens (including phenoxy) is 1. The van der Waals surface area contributed by atoms with Crippen LogP contribution in [0.15, 0.2) is 102 Å². The Bertz CT molecular complexity index is 1710. The lowest BCUT2D eigenvalue weighted by Crippen LogP contribution is -2.33. The predicted molar refractivity (Wildman–Crippen MR) is 149 cm³/mol. The average molecular weight is 515 g/mol. The van der Waals surface area contributed by atoms with Crippen molar-refractivity contribution < 1.29 is 14.1 Å². The van der Waals surface area contributed by atoms with Gasteiger partial charge in [-0.15, -0.1) is 0 Å². The van der Waals surface area contributed by atoms with Gasteiger partial charge >= 0.3 is 5.97 Å². The molecule has 7 heteroatoms. The smallest absolute Gasteiger partial charge is 0.337 e. The van der Waals surface area contributed by atoms with E-state index in [0.717, 1.165) is 56.0 Å². The van der Waals surface area contributed by atoms with Crippen molar-refractivity contribution in [3.8, 4) is 11.1 Å². The first-order valence-corrected chi connectivity index (χ1v) is 12.6. The molecule has 6 rings (SSSR count). The molecule has 0 aliphatic rings. The molecule has 1 atom stereocenters. The van der Waals surface area contributed by atoms with Gasteiger partial charge in [0.2, 0.25) is 0 Å². The van der Waals surface area contributed by atoms with Crippen LogP contribution in [0.2, 0.25) is 0 Å². The first kappa shape index (κ1) is 24.3. The Hall–Kier alpha value is -5.04. The molecule has 39 heavy (non-hydrogen) atoms. The quantitative estimate of drug-likeness (QED) is 0.259. The number of aromatic nitrogens is 4. The number of H-pyrrole nitrogens is 1. The average Bonchev–Trinajstić information content (AvgIpc) is 3.57. The maximum Gasteiger partial charge on any atom is 0.337 e. The Morgan fingerprint density at radius 2 is 1.69 bits per heavy atom. The van der Waals surface area contributed by atoms with Gasteiger partial charge in [-0.3, -0.25) is 9.97 Å². The maximum atomic E-state index is 11.9. The summed E-state index contributed by atoms with van der Waals surface area (Å²) in [5, 5.41) is 4.33. The Morgan fingerprint density at radius 1 is 0.923 bits per heavy atom. The first-order valence-electron chi connectivity index (χ1n) is 12.6. The second kappa shape index (κ2) is 9.68. The van der Waals surface area contributed by atoms with Gasteiger partial charge in [-0.05, 0) is 60.9 Å². The van der Waals surface area contributed by atoms with Crippen LogP contribution in [0.1, 0.15) is 44.2 Å². The number of hydrogen-bond acceptors (Lipinski definition) is 6. The highest BCUT2D eigenvalue weighted by Crippen LogP contribution is 2.47. The third-order valence-electron chi connectivity index (χ3n) is 7.23. The SMILES string of the molecule is COC(=O)c1ccc(-c2c[nH]c3cc(C(c4ccccc4)(c4ccccn4)c4c(C)noc4C)cnc23)cc1. The molecular weight excluding hydrogens is 488 g/mol. The van der Waals surface area contributed by atoms with E-state index in [1.807, 2.05) is 81.0 Å². The molecule has 7 nitrogen and oxygen atoms in total. The lowest BCUT2D eigenvalue weighted by Gasteiger charge is -2.34. The molecule has 0 radical (unpaired) electrons. The molecule has 6 aromatic rings. The molecule has 192 valence electrons. The monoisotopic (exact) mass is 514 g/mol. The summed E-state index contributed by atoms with van der Waals surface area (Å²) in [5.74, 6) is 0.356. The normalized spacial score (nSPS) is 12.8. The molecule has 0 bridgehead atoms. The molecule has 1 N–H and O–H groups in total. The van der Waals surface area contributed by atoms with Crippen LogP contribution in [-0.4, -0.2) is 33.2 Å². The third kappa shape index (κ3) is 3.90. The Morgan fingerprint density at radius 3 is 2.36 bits per heavy atom. The maximum absolute atomic E-state index is 11.9. The van der Waals surface area contributed by atoms with Gasteiger partial charge in [0.25, 0.3) is 0 Å². The van der Waals surface area contributed by atoms with Crippen molar-refractivity contribution in [2.75, 3.05) is 7.11 Å². The van der Waals surface area contributed by atoms with Crippen molar-refractivity contribution in [3.05, 3.63) is 137 Å². The molecular formula is C32H26N4O3. The van der Waals surface area contributed by atoms with Gasteiger partial charge < -0.3 is 14.2 Å². The van der Waals surface area contributed by atoms with Crippen molar-refractivity contribution in [2.24, 2.45) is 0 Å². The molecule has 2 aromatic carbocycles. The fourth-order valence-corrected chi connectivity index (χ4v) is 5.51. The zero-order chi connectivity index (χ0) is 27.0. The van der Waals surface area contributed by atoms with Crippen LogP contribution in [0, 0.1) is 13.8 Å². The fraction of sp³-hybridized carbons (Fsp3) is 0.125. The first-order chi connectivity index (χ1) is 19.0. The zero-order valence-corrected chi connectivity index (χ0v) is 21.8. The van der Waals surface area contributed by atoms with Gasteiger partial charge in [-0.2, -0.15) is 0 Å². The fourth-order valence-electron chi connectivity index (χ4n) is 5.51. The van der Waals surface area contributed by atoms with Crippen LogP contribution in [-0.2, 0) is 10.2 Å². The van der Waals surface area contributed by atoms with Gasteiger partial charge in [0.15, 0.2) is 0 Å². The van der Waals surface area contributed by atoms with Gasteiger partial charge in [0, 0.05) is 29.7 Å². The number of benzene rings is 2. The summed E-state index contributed by atoms with van der Waals surface area (Å²) in [6.07, 6.45) is 5.66. The highest BCUT2D eigenvalue weighted by Gasteiger charge is 2.44. The molecule has 0 aliphatic heterocycles. The van der Waals surface area contributed by atoms with E-state index in [1.54, 1.807) is 12.1 Å². The minimum absolute atomic E-state index is 0.366. The summed E-state index contributed by atoms with van der Waals surface area (Å²) in [6, 6.07) is 25.7. The molecule has 0 amide bonds. The van der Waals surface area contributed by atoms with E-state index in [9.17, 15) is 4.79 Å². The molecule has 0 saturated heterocycles. The summed E-state index contributed by atoms with van der Waals surface area (Å²) in [7, 11) is 1.38. The van der Waals surface area contributed by atoms with Crippen molar-refractivity contribution >= 4 is 17.0 Å². The van der Waals surface area contributed by atoms with Gasteiger partial charge in [-0.25, -0.2) is 4.79 Å². The highest BCUT2D eigenvalue weighted by molar-refractivity contribution is 5.94. The van der Waals surface area contributed by atoms with Crippen LogP contribution in [0.3, 0.4) is 0 Å². The second-order valence-electron chi connectivity index (χ2n) is 9.42. The minimum Gasteiger partial charge on any atom is -0.465 e. The summed E-state index contributed by atoms with van der Waals surface area (Å²) >= 11 is 0. The molecule has 0 saturated carbocycles. The van der Waals surface area contributed by atoms with Crippen LogP contribution >= 0.6 is 0 Å². The molecule has 0 aliphatic carbocycles. The van der Waals surface area contributed by atoms with E-state index in [1.165, 1.54) is 7.11 Å². The van der Waals surface area contributed by atoms with E-state index >= 15 is 0 Å². The number of pyridine rings is 2. The van der Waals surface area contributed by atoms with Crippen LogP contribution in [0.25, 0.3) is 22.2 Å². The Kier molecular flexibility index (Phi) is 6.04. The highest BCUT2D eigenvalue weighted by atomic mass is 16.5. The number of hydrogen-bond donors (Lipinski definition) is 1. The van der Waals surface area contributed by atoms with Crippen LogP contribution < -0.4 is 0 Å². The Labute approximate surface area is 225 Å². The summed E-state index contributed by atoms with van der Waals surface area (Å²) in [4.78, 5) is 25.1. The van der Waals surface area contributed by atoms with Gasteiger partial charge in [0.1, 0.15) is 5.76 Å². The number of esters is 1. The topological polar surface area (TPSA) is 93.9 Å². The summed E-state index contributed by atoms with van der Waals surface area (Å²) in [6.45, 7) is 3.90. The van der Waals surface area contributed by atoms with Gasteiger partial charge in [0.05, 0.1) is 40.5 Å². The molecule has 1 unspecified atom stereocenters. The number of fused-ring (bicyclic) bond motifs is 1. The van der Waals surface area contributed by atoms with E-state index in [2.05, 4.69) is 28.3 Å². The molecule has 0 spiro atoms. The Balaban J connectivity index is 1.59. The van der Waals surface area contributed by atoms with E-state index in [4.69, 9.17) is 19.2 Å². The predicted octanol–water partition coefficient (Wildman–Crippen LogP) is 6.40. The number of carbonyl (C=O) groups is 1. The summed E-state index contributed by atoms with van der Waals surface area (Å²) in [5.41, 5.74) is 7.81. The van der Waals surface area contributed by atoms with Crippen molar-refractivity contribution in [1.29, 1.82) is 0 Å². The molecule has 4 heterocycles. The lowest BCUT2D eigenvalue weighted by molar-refractivity contribution is 0.0600. The number of aryl methyl sites for hydroxylation is 2. The van der Waals surface area contributed by atoms with Crippen LogP contribution in [0.5, 0.6) is 0 Å². The van der Waals surface area contributed by atoms with Gasteiger partial charge in [-0.1, -0.05) is 53.7 Å². The van der Waals surface area contributed by atoms with Crippen molar-refractivity contribution in [3.63, 3.8) is 0 Å². The summed E-state index contributed by atoms with van der Waals surface area (Å²) < 4.78 is 10.5. The standard InChI is InChI=1S/C32H26N4O3/c1-20-29(21(2)39-36-20)32(24-9-5-4-6-10-24,28-11-7-8-16-33-28)25-17-27-30(35-18-25)26(19-34-27)22-12-14-23(15-13-22)31(37)38-3/h4-19,34H,1-3H3. The third-order valence-corrected chi connectivity index (χ3v) is 7.23. The van der Waals surface area contributed by atoms with Crippen molar-refractivity contribution in [1.82, 2.24) is 20.1 Å². The van der Waals surface area contributed by atoms with Crippen molar-refractivity contribution in [2.45, 2.75) is 19.3 Å². The lowest BCUT2D eigenvalue weighted by atomic mass is 9.66. The number of carbonyl (C=O) groups excluding carboxylic acids is 1. The van der Waals surface area contributed by atoms with E-state index in [-0.39, 0.29) is 5.97 Å².